The Kier molecular flexibility index (Phi) is 4.94. The fraction of sp³-hybridized carbons (Fsp3) is 0.100. The number of hydrogen-bond donors (Lipinski definition) is 2. The zero-order valence-electron chi connectivity index (χ0n) is 14.8. The minimum Gasteiger partial charge on any atom is -0.475 e. The van der Waals surface area contributed by atoms with Crippen LogP contribution in [0.3, 0.4) is 0 Å². The van der Waals surface area contributed by atoms with Crippen molar-refractivity contribution in [3.63, 3.8) is 0 Å². The summed E-state index contributed by atoms with van der Waals surface area (Å²) in [5, 5.41) is 13.2. The Morgan fingerprint density at radius 3 is 2.14 bits per heavy atom. The summed E-state index contributed by atoms with van der Waals surface area (Å²) in [5.41, 5.74) is 8.07. The molecule has 140 valence electrons. The van der Waals surface area contributed by atoms with Gasteiger partial charge in [0.25, 0.3) is 5.89 Å². The topological polar surface area (TPSA) is 120 Å². The number of aliphatic hydroxyl groups excluding tert-OH is 1. The highest BCUT2D eigenvalue weighted by Gasteiger charge is 2.22. The minimum absolute atomic E-state index is 0.0391. The summed E-state index contributed by atoms with van der Waals surface area (Å²) in [6, 6.07) is 18.8. The van der Waals surface area contributed by atoms with Gasteiger partial charge in [0.15, 0.2) is 5.82 Å². The number of nitrogen functional groups attached to an aromatic ring is 1. The Hall–Kier alpha value is -3.78. The molecule has 2 heterocycles. The number of rotatable bonds is 6. The molecule has 0 saturated carbocycles. The molecule has 0 aliphatic rings. The summed E-state index contributed by atoms with van der Waals surface area (Å²) < 4.78 is 11.0. The van der Waals surface area contributed by atoms with Gasteiger partial charge in [-0.25, -0.2) is 4.98 Å². The highest BCUT2D eigenvalue weighted by atomic mass is 16.5. The summed E-state index contributed by atoms with van der Waals surface area (Å²) in [6.07, 6.45) is 0. The van der Waals surface area contributed by atoms with Gasteiger partial charge in [0.1, 0.15) is 18.0 Å². The van der Waals surface area contributed by atoms with E-state index in [1.165, 1.54) is 0 Å². The van der Waals surface area contributed by atoms with Gasteiger partial charge in [-0.3, -0.25) is 0 Å². The van der Waals surface area contributed by atoms with Crippen LogP contribution in [-0.2, 0) is 0 Å². The van der Waals surface area contributed by atoms with E-state index >= 15 is 0 Å². The molecule has 2 aromatic carbocycles. The van der Waals surface area contributed by atoms with Gasteiger partial charge in [0.2, 0.25) is 11.7 Å². The van der Waals surface area contributed by atoms with E-state index in [-0.39, 0.29) is 30.8 Å². The number of hydrogen-bond acceptors (Lipinski definition) is 8. The second-order valence-corrected chi connectivity index (χ2v) is 5.84. The predicted octanol–water partition coefficient (Wildman–Crippen LogP) is 2.81. The maximum absolute atomic E-state index is 9.15. The lowest BCUT2D eigenvalue weighted by Crippen LogP contribution is -2.08. The predicted molar refractivity (Wildman–Crippen MR) is 103 cm³/mol. The quantitative estimate of drug-likeness (QED) is 0.528. The summed E-state index contributed by atoms with van der Waals surface area (Å²) in [5.74, 6) is 1.27. The Morgan fingerprint density at radius 2 is 1.50 bits per heavy atom. The molecule has 2 aromatic heterocycles. The molecule has 0 spiro atoms. The number of aliphatic hydroxyl groups is 1. The van der Waals surface area contributed by atoms with Gasteiger partial charge in [-0.05, 0) is 0 Å². The molecule has 8 nitrogen and oxygen atoms in total. The molecule has 8 heteroatoms. The Balaban J connectivity index is 1.79. The molecule has 4 aromatic rings. The number of ether oxygens (including phenoxy) is 1. The van der Waals surface area contributed by atoms with Crippen molar-refractivity contribution in [1.29, 1.82) is 0 Å². The molecule has 0 radical (unpaired) electrons. The molecule has 0 saturated heterocycles. The summed E-state index contributed by atoms with van der Waals surface area (Å²) >= 11 is 0. The van der Waals surface area contributed by atoms with E-state index in [4.69, 9.17) is 20.1 Å². The molecule has 4 rings (SSSR count). The fourth-order valence-electron chi connectivity index (χ4n) is 2.65. The van der Waals surface area contributed by atoms with Gasteiger partial charge >= 0.3 is 0 Å². The maximum Gasteiger partial charge on any atom is 0.267 e. The summed E-state index contributed by atoms with van der Waals surface area (Å²) in [6.45, 7) is -0.138. The first-order valence-electron chi connectivity index (χ1n) is 8.62. The van der Waals surface area contributed by atoms with E-state index in [2.05, 4.69) is 20.1 Å². The van der Waals surface area contributed by atoms with Crippen molar-refractivity contribution in [2.24, 2.45) is 0 Å². The smallest absolute Gasteiger partial charge is 0.267 e. The van der Waals surface area contributed by atoms with Gasteiger partial charge in [-0.2, -0.15) is 9.97 Å². The van der Waals surface area contributed by atoms with Crippen molar-refractivity contribution in [2.45, 2.75) is 0 Å². The van der Waals surface area contributed by atoms with E-state index in [0.717, 1.165) is 11.1 Å². The van der Waals surface area contributed by atoms with Gasteiger partial charge in [-0.1, -0.05) is 65.8 Å². The van der Waals surface area contributed by atoms with Crippen molar-refractivity contribution < 1.29 is 14.4 Å². The molecular formula is C20H17N5O3. The fourth-order valence-corrected chi connectivity index (χ4v) is 2.65. The van der Waals surface area contributed by atoms with Crippen LogP contribution in [0.4, 0.5) is 5.82 Å². The molecular weight excluding hydrogens is 358 g/mol. The molecule has 0 atom stereocenters. The lowest BCUT2D eigenvalue weighted by molar-refractivity contribution is 0.197. The number of nitrogens with two attached hydrogens (primary N) is 1. The number of aromatic nitrogens is 4. The van der Waals surface area contributed by atoms with Crippen LogP contribution in [0.15, 0.2) is 65.2 Å². The third-order valence-electron chi connectivity index (χ3n) is 3.94. The van der Waals surface area contributed by atoms with Crippen molar-refractivity contribution in [1.82, 2.24) is 20.1 Å². The van der Waals surface area contributed by atoms with E-state index in [9.17, 15) is 0 Å². The third kappa shape index (κ3) is 3.53. The number of benzene rings is 2. The second-order valence-electron chi connectivity index (χ2n) is 5.84. The third-order valence-corrected chi connectivity index (χ3v) is 3.94. The molecule has 28 heavy (non-hydrogen) atoms. The SMILES string of the molecule is Nc1nc(-c2ccccc2)nc(OCCO)c1-c1nc(-c2ccccc2)no1. The molecule has 0 aliphatic heterocycles. The van der Waals surface area contributed by atoms with E-state index < -0.39 is 0 Å². The Labute approximate surface area is 160 Å². The first kappa shape index (κ1) is 17.6. The highest BCUT2D eigenvalue weighted by Crippen LogP contribution is 2.34. The van der Waals surface area contributed by atoms with Crippen LogP contribution >= 0.6 is 0 Å². The lowest BCUT2D eigenvalue weighted by atomic mass is 10.2. The zero-order valence-corrected chi connectivity index (χ0v) is 14.8. The summed E-state index contributed by atoms with van der Waals surface area (Å²) in [7, 11) is 0. The van der Waals surface area contributed by atoms with Crippen molar-refractivity contribution in [2.75, 3.05) is 18.9 Å². The average molecular weight is 375 g/mol. The summed E-state index contributed by atoms with van der Waals surface area (Å²) in [4.78, 5) is 13.2. The molecule has 0 unspecified atom stereocenters. The lowest BCUT2D eigenvalue weighted by Gasteiger charge is -2.11. The van der Waals surface area contributed by atoms with Crippen molar-refractivity contribution in [3.8, 4) is 40.1 Å². The van der Waals surface area contributed by atoms with Gasteiger partial charge in [-0.15, -0.1) is 0 Å². The Bertz CT molecular complexity index is 1070. The van der Waals surface area contributed by atoms with Crippen LogP contribution in [0.25, 0.3) is 34.2 Å². The van der Waals surface area contributed by atoms with Gasteiger partial charge in [0.05, 0.1) is 6.61 Å². The first-order valence-corrected chi connectivity index (χ1v) is 8.62. The van der Waals surface area contributed by atoms with Gasteiger partial charge < -0.3 is 20.1 Å². The zero-order chi connectivity index (χ0) is 19.3. The van der Waals surface area contributed by atoms with Crippen LogP contribution in [0.5, 0.6) is 5.88 Å². The van der Waals surface area contributed by atoms with Crippen LogP contribution in [0.2, 0.25) is 0 Å². The molecule has 0 fully saturated rings. The van der Waals surface area contributed by atoms with E-state index in [0.29, 0.717) is 17.2 Å². The molecule has 0 amide bonds. The average Bonchev–Trinajstić information content (AvgIpc) is 3.23. The van der Waals surface area contributed by atoms with Gasteiger partial charge in [0, 0.05) is 11.1 Å². The monoisotopic (exact) mass is 375 g/mol. The van der Waals surface area contributed by atoms with Crippen molar-refractivity contribution >= 4 is 5.82 Å². The molecule has 0 aliphatic carbocycles. The van der Waals surface area contributed by atoms with E-state index in [1.54, 1.807) is 0 Å². The van der Waals surface area contributed by atoms with Crippen LogP contribution in [0.1, 0.15) is 0 Å². The normalized spacial score (nSPS) is 10.8. The molecule has 0 bridgehead atoms. The first-order chi connectivity index (χ1) is 13.8. The van der Waals surface area contributed by atoms with E-state index in [1.807, 2.05) is 60.7 Å². The highest BCUT2D eigenvalue weighted by molar-refractivity contribution is 5.75. The molecule has 3 N–H and O–H groups in total. The Morgan fingerprint density at radius 1 is 0.857 bits per heavy atom. The van der Waals surface area contributed by atoms with Crippen LogP contribution < -0.4 is 10.5 Å². The van der Waals surface area contributed by atoms with Crippen LogP contribution in [-0.4, -0.2) is 38.4 Å². The maximum atomic E-state index is 9.15. The standard InChI is InChI=1S/C20H17N5O3/c21-16-15(20-24-18(25-28-20)14-9-5-2-6-10-14)19(27-12-11-26)23-17(22-16)13-7-3-1-4-8-13/h1-10,26H,11-12H2,(H2,21,22,23). The number of anilines is 1. The largest absolute Gasteiger partial charge is 0.475 e. The second kappa shape index (κ2) is 7.85. The van der Waals surface area contributed by atoms with Crippen molar-refractivity contribution in [3.05, 3.63) is 60.7 Å². The number of nitrogens with zero attached hydrogens (tertiary/aromatic N) is 4. The van der Waals surface area contributed by atoms with Crippen LogP contribution in [0, 0.1) is 0 Å². The minimum atomic E-state index is -0.177.